The van der Waals surface area contributed by atoms with Crippen LogP contribution in [0, 0.1) is 0 Å². The van der Waals surface area contributed by atoms with Gasteiger partial charge in [-0.1, -0.05) is 66.7 Å². The van der Waals surface area contributed by atoms with E-state index in [1.807, 2.05) is 71.6 Å². The molecular formula is C27H24N2O3S. The maximum Gasteiger partial charge on any atom is 0.253 e. The zero-order valence-corrected chi connectivity index (χ0v) is 18.9. The van der Waals surface area contributed by atoms with Gasteiger partial charge in [-0.05, 0) is 42.6 Å². The number of para-hydroxylation sites is 1. The van der Waals surface area contributed by atoms with E-state index in [9.17, 15) is 13.2 Å². The van der Waals surface area contributed by atoms with E-state index in [2.05, 4.69) is 4.90 Å². The van der Waals surface area contributed by atoms with Gasteiger partial charge in [0.25, 0.3) is 5.91 Å². The number of hydrogen-bond acceptors (Lipinski definition) is 4. The maximum atomic E-state index is 14.6. The van der Waals surface area contributed by atoms with Crippen LogP contribution in [-0.2, 0) is 26.7 Å². The molecule has 3 aromatic carbocycles. The average molecular weight is 457 g/mol. The molecule has 0 aliphatic carbocycles. The molecule has 166 valence electrons. The van der Waals surface area contributed by atoms with Crippen LogP contribution in [0.25, 0.3) is 0 Å². The van der Waals surface area contributed by atoms with Crippen LogP contribution in [-0.4, -0.2) is 37.1 Å². The Balaban J connectivity index is 1.49. The van der Waals surface area contributed by atoms with Gasteiger partial charge in [-0.3, -0.25) is 9.69 Å². The van der Waals surface area contributed by atoms with E-state index in [0.717, 1.165) is 41.8 Å². The number of anilines is 1. The Morgan fingerprint density at radius 2 is 1.64 bits per heavy atom. The van der Waals surface area contributed by atoms with Gasteiger partial charge in [-0.15, -0.1) is 0 Å². The third-order valence-electron chi connectivity index (χ3n) is 8.19. The molecule has 0 bridgehead atoms. The van der Waals surface area contributed by atoms with Crippen LogP contribution in [0.2, 0.25) is 0 Å². The van der Waals surface area contributed by atoms with Crippen molar-refractivity contribution < 1.29 is 13.2 Å². The minimum atomic E-state index is -3.52. The largest absolute Gasteiger partial charge is 0.306 e. The second-order valence-electron chi connectivity index (χ2n) is 9.59. The Labute approximate surface area is 193 Å². The molecule has 4 aliphatic heterocycles. The van der Waals surface area contributed by atoms with Gasteiger partial charge in [-0.25, -0.2) is 8.42 Å². The zero-order valence-electron chi connectivity index (χ0n) is 18.1. The standard InChI is InChI=1S/C27H24N2O3S/c30-26-27(20-12-5-6-13-21(20)28(26)17-18-9-2-1-3-10-18)24-19-11-4-7-15-23(19)33(31,32)25(24)22-14-8-16-29(22)27/h1-7,9-13,15,22,24-25H,8,14,16-17H2/t22-,24-,25-,27-/m1/s1. The second kappa shape index (κ2) is 6.55. The van der Waals surface area contributed by atoms with Crippen LogP contribution in [0.1, 0.15) is 35.4 Å². The molecule has 4 aliphatic rings. The van der Waals surface area contributed by atoms with Gasteiger partial charge in [0.1, 0.15) is 5.54 Å². The van der Waals surface area contributed by atoms with Crippen LogP contribution in [0.4, 0.5) is 5.69 Å². The first-order chi connectivity index (χ1) is 16.1. The van der Waals surface area contributed by atoms with Crippen molar-refractivity contribution in [3.05, 3.63) is 95.6 Å². The first-order valence-corrected chi connectivity index (χ1v) is 13.2. The van der Waals surface area contributed by atoms with Crippen LogP contribution in [0.3, 0.4) is 0 Å². The lowest BCUT2D eigenvalue weighted by Crippen LogP contribution is -2.52. The van der Waals surface area contributed by atoms with Gasteiger partial charge in [0, 0.05) is 23.2 Å². The van der Waals surface area contributed by atoms with Crippen molar-refractivity contribution in [2.45, 2.75) is 47.0 Å². The van der Waals surface area contributed by atoms with Gasteiger partial charge < -0.3 is 4.90 Å². The fourth-order valence-electron chi connectivity index (χ4n) is 7.10. The predicted molar refractivity (Wildman–Crippen MR) is 126 cm³/mol. The molecule has 5 nitrogen and oxygen atoms in total. The van der Waals surface area contributed by atoms with E-state index in [1.54, 1.807) is 12.1 Å². The summed E-state index contributed by atoms with van der Waals surface area (Å²) in [7, 11) is -3.52. The molecule has 4 heterocycles. The van der Waals surface area contributed by atoms with Crippen molar-refractivity contribution in [2.75, 3.05) is 11.4 Å². The molecule has 2 saturated heterocycles. The Hall–Kier alpha value is -2.96. The summed E-state index contributed by atoms with van der Waals surface area (Å²) in [5, 5.41) is -0.578. The molecule has 2 fully saturated rings. The molecule has 4 atom stereocenters. The number of amides is 1. The van der Waals surface area contributed by atoms with E-state index in [1.165, 1.54) is 0 Å². The number of carbonyl (C=O) groups is 1. The summed E-state index contributed by atoms with van der Waals surface area (Å²) in [4.78, 5) is 19.1. The lowest BCUT2D eigenvalue weighted by molar-refractivity contribution is -0.129. The Morgan fingerprint density at radius 3 is 2.48 bits per heavy atom. The monoisotopic (exact) mass is 456 g/mol. The molecule has 33 heavy (non-hydrogen) atoms. The van der Waals surface area contributed by atoms with Gasteiger partial charge in [-0.2, -0.15) is 0 Å². The highest BCUT2D eigenvalue weighted by atomic mass is 32.2. The Kier molecular flexibility index (Phi) is 3.87. The van der Waals surface area contributed by atoms with Gasteiger partial charge in [0.2, 0.25) is 0 Å². The normalized spacial score (nSPS) is 31.0. The molecule has 1 amide bonds. The van der Waals surface area contributed by atoms with Gasteiger partial charge >= 0.3 is 0 Å². The van der Waals surface area contributed by atoms with Crippen molar-refractivity contribution in [1.82, 2.24) is 4.90 Å². The van der Waals surface area contributed by atoms with Crippen molar-refractivity contribution in [2.24, 2.45) is 0 Å². The zero-order chi connectivity index (χ0) is 22.4. The maximum absolute atomic E-state index is 14.6. The third-order valence-corrected chi connectivity index (χ3v) is 10.5. The molecule has 3 aromatic rings. The molecule has 0 radical (unpaired) electrons. The minimum absolute atomic E-state index is 0.0128. The van der Waals surface area contributed by atoms with Gasteiger partial charge in [0.15, 0.2) is 9.84 Å². The Morgan fingerprint density at radius 1 is 0.909 bits per heavy atom. The first kappa shape index (κ1) is 19.5. The molecule has 0 saturated carbocycles. The second-order valence-corrected chi connectivity index (χ2v) is 11.7. The molecule has 0 aromatic heterocycles. The van der Waals surface area contributed by atoms with Crippen LogP contribution < -0.4 is 4.90 Å². The lowest BCUT2D eigenvalue weighted by atomic mass is 9.75. The third kappa shape index (κ3) is 2.25. The molecule has 0 unspecified atom stereocenters. The van der Waals surface area contributed by atoms with Crippen molar-refractivity contribution in [1.29, 1.82) is 0 Å². The van der Waals surface area contributed by atoms with E-state index in [-0.39, 0.29) is 11.9 Å². The lowest BCUT2D eigenvalue weighted by Gasteiger charge is -2.37. The van der Waals surface area contributed by atoms with Crippen LogP contribution in [0.5, 0.6) is 0 Å². The fraction of sp³-hybridized carbons (Fsp3) is 0.296. The molecule has 1 spiro atoms. The number of fused-ring (bicyclic) bond motifs is 9. The summed E-state index contributed by atoms with van der Waals surface area (Å²) in [6.07, 6.45) is 1.72. The van der Waals surface area contributed by atoms with E-state index >= 15 is 0 Å². The number of sulfone groups is 1. The minimum Gasteiger partial charge on any atom is -0.306 e. The molecule has 7 rings (SSSR count). The highest BCUT2D eigenvalue weighted by Gasteiger charge is 2.73. The van der Waals surface area contributed by atoms with E-state index < -0.39 is 26.5 Å². The number of rotatable bonds is 2. The summed E-state index contributed by atoms with van der Waals surface area (Å²) < 4.78 is 27.6. The topological polar surface area (TPSA) is 57.7 Å². The van der Waals surface area contributed by atoms with Gasteiger partial charge in [0.05, 0.1) is 16.7 Å². The predicted octanol–water partition coefficient (Wildman–Crippen LogP) is 3.85. The average Bonchev–Trinajstić information content (AvgIpc) is 3.53. The van der Waals surface area contributed by atoms with Crippen molar-refractivity contribution >= 4 is 21.4 Å². The number of benzene rings is 3. The van der Waals surface area contributed by atoms with E-state index in [4.69, 9.17) is 0 Å². The smallest absolute Gasteiger partial charge is 0.253 e. The summed E-state index contributed by atoms with van der Waals surface area (Å²) in [5.41, 5.74) is 2.75. The summed E-state index contributed by atoms with van der Waals surface area (Å²) in [6.45, 7) is 1.22. The molecular weight excluding hydrogens is 432 g/mol. The fourth-order valence-corrected chi connectivity index (χ4v) is 9.59. The quantitative estimate of drug-likeness (QED) is 0.588. The highest BCUT2D eigenvalue weighted by molar-refractivity contribution is 7.92. The Bertz CT molecular complexity index is 1400. The van der Waals surface area contributed by atoms with Crippen molar-refractivity contribution in [3.63, 3.8) is 0 Å². The first-order valence-electron chi connectivity index (χ1n) is 11.6. The number of hydrogen-bond donors (Lipinski definition) is 0. The van der Waals surface area contributed by atoms with Crippen LogP contribution >= 0.6 is 0 Å². The van der Waals surface area contributed by atoms with Crippen LogP contribution in [0.15, 0.2) is 83.8 Å². The summed E-state index contributed by atoms with van der Waals surface area (Å²) in [6, 6.07) is 25.2. The number of carbonyl (C=O) groups excluding carboxylic acids is 1. The summed E-state index contributed by atoms with van der Waals surface area (Å²) in [5.74, 6) is -0.378. The van der Waals surface area contributed by atoms with E-state index in [0.29, 0.717) is 11.4 Å². The number of nitrogens with zero attached hydrogens (tertiary/aromatic N) is 2. The highest BCUT2D eigenvalue weighted by Crippen LogP contribution is 2.65. The van der Waals surface area contributed by atoms with Crippen molar-refractivity contribution in [3.8, 4) is 0 Å². The molecule has 6 heteroatoms. The molecule has 0 N–H and O–H groups in total. The summed E-state index contributed by atoms with van der Waals surface area (Å²) >= 11 is 0. The SMILES string of the molecule is O=C1N(Cc2ccccc2)c2ccccc2[C@@]12[C@@H]1c3ccccc3S(=O)(=O)[C@@H]1[C@H]1CCCN12.